The number of carbonyl (C=O) groups excluding carboxylic acids is 2. The van der Waals surface area contributed by atoms with Gasteiger partial charge < -0.3 is 10.1 Å². The molecule has 0 saturated carbocycles. The predicted octanol–water partition coefficient (Wildman–Crippen LogP) is 3.32. The van der Waals surface area contributed by atoms with Gasteiger partial charge >= 0.3 is 0 Å². The third-order valence-corrected chi connectivity index (χ3v) is 6.31. The van der Waals surface area contributed by atoms with Crippen LogP contribution in [0.15, 0.2) is 84.0 Å². The lowest BCUT2D eigenvalue weighted by Gasteiger charge is -2.27. The molecule has 1 atom stereocenters. The number of aryl methyl sites for hydroxylation is 1. The van der Waals surface area contributed by atoms with Crippen LogP contribution in [0.4, 0.5) is 11.4 Å². The van der Waals surface area contributed by atoms with Gasteiger partial charge in [0.15, 0.2) is 6.61 Å². The fraction of sp³-hybridized carbons (Fsp3) is 0.192. The van der Waals surface area contributed by atoms with E-state index in [9.17, 15) is 18.0 Å². The van der Waals surface area contributed by atoms with Gasteiger partial charge in [-0.1, -0.05) is 35.9 Å². The van der Waals surface area contributed by atoms with Crippen molar-refractivity contribution in [2.24, 2.45) is 5.10 Å². The molecule has 0 aliphatic carbocycles. The quantitative estimate of drug-likeness (QED) is 0.322. The number of ether oxygens (including phenoxy) is 1. The summed E-state index contributed by atoms with van der Waals surface area (Å²) in [4.78, 5) is 24.6. The van der Waals surface area contributed by atoms with Crippen molar-refractivity contribution in [1.29, 1.82) is 0 Å². The molecule has 10 heteroatoms. The molecule has 1 unspecified atom stereocenters. The lowest BCUT2D eigenvalue weighted by atomic mass is 10.2. The molecule has 188 valence electrons. The van der Waals surface area contributed by atoms with Gasteiger partial charge in [0.25, 0.3) is 11.8 Å². The molecule has 2 amide bonds. The molecule has 0 bridgehead atoms. The molecule has 3 rings (SSSR count). The summed E-state index contributed by atoms with van der Waals surface area (Å²) in [5.41, 5.74) is 5.22. The van der Waals surface area contributed by atoms with Crippen LogP contribution in [0.25, 0.3) is 0 Å². The first-order valence-electron chi connectivity index (χ1n) is 11.1. The molecule has 3 aromatic rings. The zero-order valence-corrected chi connectivity index (χ0v) is 21.0. The van der Waals surface area contributed by atoms with Crippen LogP contribution in [-0.4, -0.2) is 45.4 Å². The van der Waals surface area contributed by atoms with Crippen molar-refractivity contribution in [3.8, 4) is 5.75 Å². The highest BCUT2D eigenvalue weighted by Gasteiger charge is 2.28. The summed E-state index contributed by atoms with van der Waals surface area (Å²) in [7, 11) is -3.70. The van der Waals surface area contributed by atoms with E-state index in [4.69, 9.17) is 4.74 Å². The molecule has 0 fully saturated rings. The smallest absolute Gasteiger partial charge is 0.263 e. The summed E-state index contributed by atoms with van der Waals surface area (Å²) in [5.74, 6) is -0.365. The summed E-state index contributed by atoms with van der Waals surface area (Å²) in [5, 5.41) is 6.69. The zero-order valence-electron chi connectivity index (χ0n) is 20.2. The van der Waals surface area contributed by atoms with E-state index in [1.807, 2.05) is 31.2 Å². The van der Waals surface area contributed by atoms with Gasteiger partial charge in [-0.25, -0.2) is 13.8 Å². The molecule has 36 heavy (non-hydrogen) atoms. The van der Waals surface area contributed by atoms with Gasteiger partial charge in [0, 0.05) is 5.69 Å². The number of rotatable bonds is 10. The van der Waals surface area contributed by atoms with E-state index in [0.29, 0.717) is 22.7 Å². The van der Waals surface area contributed by atoms with Crippen molar-refractivity contribution in [2.45, 2.75) is 19.9 Å². The van der Waals surface area contributed by atoms with Crippen molar-refractivity contribution in [1.82, 2.24) is 5.43 Å². The molecule has 0 aliphatic rings. The minimum atomic E-state index is -3.70. The second kappa shape index (κ2) is 12.0. The highest BCUT2D eigenvalue weighted by molar-refractivity contribution is 7.92. The van der Waals surface area contributed by atoms with Crippen LogP contribution in [0.3, 0.4) is 0 Å². The van der Waals surface area contributed by atoms with E-state index in [2.05, 4.69) is 15.8 Å². The Kier molecular flexibility index (Phi) is 8.80. The number of benzene rings is 3. The van der Waals surface area contributed by atoms with Crippen molar-refractivity contribution in [3.63, 3.8) is 0 Å². The number of nitrogens with one attached hydrogen (secondary N) is 2. The molecule has 2 N–H and O–H groups in total. The minimum Gasteiger partial charge on any atom is -0.484 e. The van der Waals surface area contributed by atoms with E-state index < -0.39 is 22.0 Å². The highest BCUT2D eigenvalue weighted by atomic mass is 32.2. The molecule has 9 nitrogen and oxygen atoms in total. The minimum absolute atomic E-state index is 0.145. The van der Waals surface area contributed by atoms with Crippen LogP contribution in [0.5, 0.6) is 5.75 Å². The maximum Gasteiger partial charge on any atom is 0.263 e. The number of para-hydroxylation sites is 1. The monoisotopic (exact) mass is 508 g/mol. The van der Waals surface area contributed by atoms with Gasteiger partial charge in [0.2, 0.25) is 10.0 Å². The Morgan fingerprint density at radius 2 is 1.64 bits per heavy atom. The maximum absolute atomic E-state index is 12.6. The zero-order chi connectivity index (χ0) is 26.1. The molecule has 0 aliphatic heterocycles. The first-order chi connectivity index (χ1) is 17.1. The van der Waals surface area contributed by atoms with E-state index in [1.54, 1.807) is 54.6 Å². The topological polar surface area (TPSA) is 117 Å². The SMILES string of the molecule is Cc1ccc(NC(=O)COc2ccc(/C=N/NC(=O)C(C)N(c3ccccc3)S(C)(=O)=O)cc2)cc1. The Labute approximate surface area is 210 Å². The van der Waals surface area contributed by atoms with Gasteiger partial charge in [0.05, 0.1) is 18.2 Å². The largest absolute Gasteiger partial charge is 0.484 e. The summed E-state index contributed by atoms with van der Waals surface area (Å²) in [6, 6.07) is 21.6. The van der Waals surface area contributed by atoms with Crippen LogP contribution in [0, 0.1) is 6.92 Å². The van der Waals surface area contributed by atoms with Gasteiger partial charge in [-0.05, 0) is 67.9 Å². The number of amides is 2. The average Bonchev–Trinajstić information content (AvgIpc) is 2.85. The summed E-state index contributed by atoms with van der Waals surface area (Å²) < 4.78 is 31.1. The van der Waals surface area contributed by atoms with Gasteiger partial charge in [-0.15, -0.1) is 0 Å². The number of nitrogens with zero attached hydrogens (tertiary/aromatic N) is 2. The standard InChI is InChI=1S/C26H28N4O5S/c1-19-9-13-22(14-10-19)28-25(31)18-35-24-15-11-21(12-16-24)17-27-29-26(32)20(2)30(36(3,33)34)23-7-5-4-6-8-23/h4-17,20H,18H2,1-3H3,(H,28,31)(H,29,32)/b27-17+. The van der Waals surface area contributed by atoms with E-state index >= 15 is 0 Å². The van der Waals surface area contributed by atoms with E-state index in [0.717, 1.165) is 16.1 Å². The van der Waals surface area contributed by atoms with Crippen LogP contribution < -0.4 is 19.8 Å². The first-order valence-corrected chi connectivity index (χ1v) is 12.9. The Morgan fingerprint density at radius 3 is 2.25 bits per heavy atom. The molecule has 0 radical (unpaired) electrons. The van der Waals surface area contributed by atoms with Gasteiger partial charge in [0.1, 0.15) is 11.8 Å². The first kappa shape index (κ1) is 26.4. The molecule has 0 saturated heterocycles. The molecule has 3 aromatic carbocycles. The van der Waals surface area contributed by atoms with Crippen LogP contribution in [0.2, 0.25) is 0 Å². The van der Waals surface area contributed by atoms with Crippen molar-refractivity contribution < 1.29 is 22.7 Å². The molecular weight excluding hydrogens is 480 g/mol. The molecule has 0 aromatic heterocycles. The third kappa shape index (κ3) is 7.67. The number of carbonyl (C=O) groups is 2. The number of hydrogen-bond acceptors (Lipinski definition) is 6. The average molecular weight is 509 g/mol. The highest BCUT2D eigenvalue weighted by Crippen LogP contribution is 2.20. The van der Waals surface area contributed by atoms with Gasteiger partial charge in [-0.2, -0.15) is 5.10 Å². The fourth-order valence-electron chi connectivity index (χ4n) is 3.28. The van der Waals surface area contributed by atoms with E-state index in [-0.39, 0.29) is 12.5 Å². The Bertz CT molecular complexity index is 1310. The second-order valence-corrected chi connectivity index (χ2v) is 9.94. The lowest BCUT2D eigenvalue weighted by molar-refractivity contribution is -0.121. The normalized spacial score (nSPS) is 12.1. The maximum atomic E-state index is 12.6. The summed E-state index contributed by atoms with van der Waals surface area (Å²) in [6.45, 7) is 3.31. The van der Waals surface area contributed by atoms with Crippen molar-refractivity contribution in [2.75, 3.05) is 22.5 Å². The number of hydrogen-bond donors (Lipinski definition) is 2. The van der Waals surface area contributed by atoms with Crippen molar-refractivity contribution in [3.05, 3.63) is 90.0 Å². The second-order valence-electron chi connectivity index (χ2n) is 8.08. The predicted molar refractivity (Wildman–Crippen MR) is 141 cm³/mol. The van der Waals surface area contributed by atoms with E-state index in [1.165, 1.54) is 13.1 Å². The number of anilines is 2. The summed E-state index contributed by atoms with van der Waals surface area (Å²) >= 11 is 0. The van der Waals surface area contributed by atoms with Crippen LogP contribution in [0.1, 0.15) is 18.1 Å². The molecule has 0 spiro atoms. The van der Waals surface area contributed by atoms with Crippen LogP contribution >= 0.6 is 0 Å². The van der Waals surface area contributed by atoms with Gasteiger partial charge in [-0.3, -0.25) is 13.9 Å². The van der Waals surface area contributed by atoms with Crippen LogP contribution in [-0.2, 0) is 19.6 Å². The van der Waals surface area contributed by atoms with Crippen molar-refractivity contribution >= 4 is 39.4 Å². The Morgan fingerprint density at radius 1 is 1.00 bits per heavy atom. The third-order valence-electron chi connectivity index (χ3n) is 5.07. The fourth-order valence-corrected chi connectivity index (χ4v) is 4.46. The Hall–Kier alpha value is -4.18. The molecule has 0 heterocycles. The number of hydrazone groups is 1. The summed E-state index contributed by atoms with van der Waals surface area (Å²) in [6.07, 6.45) is 2.47. The molecular formula is C26H28N4O5S. The number of sulfonamides is 1. The Balaban J connectivity index is 1.51. The lowest BCUT2D eigenvalue weighted by Crippen LogP contribution is -2.46.